The van der Waals surface area contributed by atoms with E-state index in [2.05, 4.69) is 51.3 Å². The number of hydrogen-bond acceptors (Lipinski definition) is 3. The van der Waals surface area contributed by atoms with Crippen LogP contribution in [-0.4, -0.2) is 50.4 Å². The Labute approximate surface area is 246 Å². The van der Waals surface area contributed by atoms with E-state index in [0.717, 1.165) is 61.3 Å². The number of hydrogen-bond donors (Lipinski definition) is 2. The molecule has 228 valence electrons. The molecule has 0 aliphatic heterocycles. The van der Waals surface area contributed by atoms with Crippen LogP contribution < -0.4 is 10.6 Å². The lowest BCUT2D eigenvalue weighted by atomic mass is 9.46. The lowest BCUT2D eigenvalue weighted by molar-refractivity contribution is -0.127. The van der Waals surface area contributed by atoms with Crippen LogP contribution in [0.3, 0.4) is 0 Å². The van der Waals surface area contributed by atoms with E-state index in [9.17, 15) is 9.59 Å². The van der Waals surface area contributed by atoms with Crippen molar-refractivity contribution in [1.29, 1.82) is 0 Å². The Balaban J connectivity index is 1.31. The van der Waals surface area contributed by atoms with Crippen LogP contribution in [0.2, 0.25) is 0 Å². The molecule has 3 saturated carbocycles. The number of rotatable bonds is 12. The molecule has 0 aromatic heterocycles. The summed E-state index contributed by atoms with van der Waals surface area (Å²) in [6.45, 7) is 14.4. The van der Waals surface area contributed by atoms with Gasteiger partial charge in [0.2, 0.25) is 11.8 Å². The standard InChI is InChI=1S/C35H61N3O2/c1-24(2)9-8-10-25(3)29-13-14-30-28-12-11-27-23-26(15-18-34(27,4)31(28)16-19-35(29,30)5)33(40)37-20-17-32(39)36-21-22-38(6)7/h11,24-26,28-31H,8-10,12-23H2,1-7H3,(H,36,39)(H,37,40)/t25-,26+,28+,29-,30+,31+,34+,35-/m1/s1. The minimum atomic E-state index is 0.0165. The van der Waals surface area contributed by atoms with Crippen molar-refractivity contribution in [3.63, 3.8) is 0 Å². The summed E-state index contributed by atoms with van der Waals surface area (Å²) >= 11 is 0. The molecule has 0 bridgehead atoms. The first-order valence-corrected chi connectivity index (χ1v) is 16.8. The average Bonchev–Trinajstić information content (AvgIpc) is 3.25. The fourth-order valence-electron chi connectivity index (χ4n) is 9.86. The number of fused-ring (bicyclic) bond motifs is 5. The van der Waals surface area contributed by atoms with Crippen LogP contribution in [0.5, 0.6) is 0 Å². The minimum Gasteiger partial charge on any atom is -0.355 e. The Kier molecular flexibility index (Phi) is 10.5. The second kappa shape index (κ2) is 13.3. The summed E-state index contributed by atoms with van der Waals surface area (Å²) in [6, 6.07) is 0. The Morgan fingerprint density at radius 1 is 0.975 bits per heavy atom. The lowest BCUT2D eigenvalue weighted by Gasteiger charge is -2.58. The zero-order valence-electron chi connectivity index (χ0n) is 27.0. The van der Waals surface area contributed by atoms with Gasteiger partial charge in [-0.3, -0.25) is 9.59 Å². The molecule has 4 aliphatic carbocycles. The summed E-state index contributed by atoms with van der Waals surface area (Å²) in [7, 11) is 3.99. The Morgan fingerprint density at radius 3 is 2.48 bits per heavy atom. The van der Waals surface area contributed by atoms with Gasteiger partial charge in [-0.2, -0.15) is 0 Å². The molecule has 0 aromatic carbocycles. The smallest absolute Gasteiger partial charge is 0.223 e. The molecule has 0 aromatic rings. The monoisotopic (exact) mass is 555 g/mol. The van der Waals surface area contributed by atoms with Crippen LogP contribution in [0, 0.1) is 52.3 Å². The highest BCUT2D eigenvalue weighted by Crippen LogP contribution is 2.67. The summed E-state index contributed by atoms with van der Waals surface area (Å²) in [4.78, 5) is 27.2. The van der Waals surface area contributed by atoms with Gasteiger partial charge in [0, 0.05) is 32.0 Å². The molecule has 0 radical (unpaired) electrons. The molecule has 5 nitrogen and oxygen atoms in total. The number of likely N-dealkylation sites (N-methyl/N-ethyl adjacent to an activating group) is 1. The van der Waals surface area contributed by atoms with E-state index in [1.54, 1.807) is 5.57 Å². The fourth-order valence-corrected chi connectivity index (χ4v) is 9.86. The molecule has 0 spiro atoms. The van der Waals surface area contributed by atoms with E-state index in [1.165, 1.54) is 51.4 Å². The van der Waals surface area contributed by atoms with Crippen molar-refractivity contribution in [2.24, 2.45) is 52.3 Å². The van der Waals surface area contributed by atoms with Crippen molar-refractivity contribution in [3.05, 3.63) is 11.6 Å². The molecule has 4 rings (SSSR count). The third-order valence-corrected chi connectivity index (χ3v) is 12.2. The number of carbonyl (C=O) groups is 2. The van der Waals surface area contributed by atoms with Gasteiger partial charge in [0.05, 0.1) is 0 Å². The first-order valence-electron chi connectivity index (χ1n) is 16.8. The zero-order valence-corrected chi connectivity index (χ0v) is 27.0. The lowest BCUT2D eigenvalue weighted by Crippen LogP contribution is -2.51. The fraction of sp³-hybridized carbons (Fsp3) is 0.886. The number of amides is 2. The molecular weight excluding hydrogens is 494 g/mol. The number of nitrogens with one attached hydrogen (secondary N) is 2. The molecule has 4 aliphatic rings. The van der Waals surface area contributed by atoms with E-state index < -0.39 is 0 Å². The molecule has 8 atom stereocenters. The van der Waals surface area contributed by atoms with Crippen molar-refractivity contribution >= 4 is 11.8 Å². The summed E-state index contributed by atoms with van der Waals surface area (Å²) in [5, 5.41) is 6.02. The van der Waals surface area contributed by atoms with Crippen molar-refractivity contribution in [3.8, 4) is 0 Å². The predicted octanol–water partition coefficient (Wildman–Crippen LogP) is 6.83. The quantitative estimate of drug-likeness (QED) is 0.260. The highest BCUT2D eigenvalue weighted by molar-refractivity contribution is 5.81. The maximum absolute atomic E-state index is 13.1. The average molecular weight is 556 g/mol. The van der Waals surface area contributed by atoms with Crippen molar-refractivity contribution < 1.29 is 9.59 Å². The van der Waals surface area contributed by atoms with Crippen molar-refractivity contribution in [2.75, 3.05) is 33.7 Å². The summed E-state index contributed by atoms with van der Waals surface area (Å²) < 4.78 is 0. The SMILES string of the molecule is CC(C)CCC[C@@H](C)[C@H]1CC[C@H]2[C@@H]3CC=C4C[C@@H](C(=O)NCCC(=O)NCCN(C)C)CC[C@]4(C)[C@H]3CC[C@]12C. The van der Waals surface area contributed by atoms with Crippen molar-refractivity contribution in [1.82, 2.24) is 15.5 Å². The topological polar surface area (TPSA) is 61.4 Å². The molecule has 0 saturated heterocycles. The Bertz CT molecular complexity index is 912. The second-order valence-corrected chi connectivity index (χ2v) is 15.4. The molecule has 0 heterocycles. The first-order chi connectivity index (χ1) is 19.0. The van der Waals surface area contributed by atoms with Crippen LogP contribution in [0.4, 0.5) is 0 Å². The predicted molar refractivity (Wildman–Crippen MR) is 166 cm³/mol. The van der Waals surface area contributed by atoms with Gasteiger partial charge < -0.3 is 15.5 Å². The molecular formula is C35H61N3O2. The van der Waals surface area contributed by atoms with E-state index in [1.807, 2.05) is 19.0 Å². The summed E-state index contributed by atoms with van der Waals surface area (Å²) in [6.07, 6.45) is 17.0. The largest absolute Gasteiger partial charge is 0.355 e. The van der Waals surface area contributed by atoms with Gasteiger partial charge in [-0.05, 0) is 112 Å². The third-order valence-electron chi connectivity index (χ3n) is 12.2. The van der Waals surface area contributed by atoms with E-state index in [-0.39, 0.29) is 23.1 Å². The van der Waals surface area contributed by atoms with Gasteiger partial charge in [0.25, 0.3) is 0 Å². The number of carbonyl (C=O) groups excluding carboxylic acids is 2. The Hall–Kier alpha value is -1.36. The molecule has 2 N–H and O–H groups in total. The zero-order chi connectivity index (χ0) is 29.1. The van der Waals surface area contributed by atoms with E-state index in [0.29, 0.717) is 24.9 Å². The van der Waals surface area contributed by atoms with Crippen LogP contribution in [-0.2, 0) is 9.59 Å². The van der Waals surface area contributed by atoms with Crippen LogP contribution >= 0.6 is 0 Å². The first kappa shape index (κ1) is 31.6. The highest BCUT2D eigenvalue weighted by atomic mass is 16.2. The van der Waals surface area contributed by atoms with Gasteiger partial charge >= 0.3 is 0 Å². The number of nitrogens with zero attached hydrogens (tertiary/aromatic N) is 1. The molecule has 5 heteroatoms. The summed E-state index contributed by atoms with van der Waals surface area (Å²) in [5.41, 5.74) is 2.37. The van der Waals surface area contributed by atoms with Gasteiger partial charge in [-0.1, -0.05) is 65.5 Å². The third kappa shape index (κ3) is 6.81. The molecule has 3 fully saturated rings. The number of allylic oxidation sites excluding steroid dienone is 2. The highest BCUT2D eigenvalue weighted by Gasteiger charge is 2.59. The second-order valence-electron chi connectivity index (χ2n) is 15.4. The van der Waals surface area contributed by atoms with Crippen LogP contribution in [0.25, 0.3) is 0 Å². The summed E-state index contributed by atoms with van der Waals surface area (Å²) in [5.74, 6) is 5.30. The van der Waals surface area contributed by atoms with Gasteiger partial charge in [-0.25, -0.2) is 0 Å². The van der Waals surface area contributed by atoms with E-state index >= 15 is 0 Å². The maximum Gasteiger partial charge on any atom is 0.223 e. The minimum absolute atomic E-state index is 0.0165. The van der Waals surface area contributed by atoms with Crippen molar-refractivity contribution in [2.45, 2.75) is 112 Å². The maximum atomic E-state index is 13.1. The van der Waals surface area contributed by atoms with Crippen LogP contribution in [0.1, 0.15) is 112 Å². The van der Waals surface area contributed by atoms with Gasteiger partial charge in [0.1, 0.15) is 0 Å². The normalized spacial score (nSPS) is 35.9. The molecule has 2 amide bonds. The van der Waals surface area contributed by atoms with Gasteiger partial charge in [0.15, 0.2) is 0 Å². The van der Waals surface area contributed by atoms with Gasteiger partial charge in [-0.15, -0.1) is 0 Å². The van der Waals surface area contributed by atoms with E-state index in [4.69, 9.17) is 0 Å². The molecule has 40 heavy (non-hydrogen) atoms. The van der Waals surface area contributed by atoms with Crippen LogP contribution in [0.15, 0.2) is 11.6 Å². The Morgan fingerprint density at radius 2 is 1.75 bits per heavy atom. The molecule has 0 unspecified atom stereocenters.